The van der Waals surface area contributed by atoms with Gasteiger partial charge in [0.2, 0.25) is 5.91 Å². The number of ether oxygens (including phenoxy) is 1. The van der Waals surface area contributed by atoms with Crippen molar-refractivity contribution in [1.29, 1.82) is 0 Å². The van der Waals surface area contributed by atoms with E-state index in [0.29, 0.717) is 0 Å². The summed E-state index contributed by atoms with van der Waals surface area (Å²) < 4.78 is 4.50. The zero-order valence-corrected chi connectivity index (χ0v) is 8.38. The molecule has 0 unspecified atom stereocenters. The number of hydrogen-bond donors (Lipinski definition) is 2. The van der Waals surface area contributed by atoms with Crippen molar-refractivity contribution in [2.24, 2.45) is 5.73 Å². The minimum absolute atomic E-state index is 0.379. The topological polar surface area (TPSA) is 81.4 Å². The second-order valence-electron chi connectivity index (χ2n) is 3.39. The van der Waals surface area contributed by atoms with E-state index in [1.165, 1.54) is 7.11 Å². The van der Waals surface area contributed by atoms with E-state index in [0.717, 1.165) is 0 Å². The van der Waals surface area contributed by atoms with Crippen LogP contribution >= 0.6 is 0 Å². The van der Waals surface area contributed by atoms with Crippen LogP contribution in [0.3, 0.4) is 0 Å². The molecule has 0 aromatic rings. The molecule has 13 heavy (non-hydrogen) atoms. The third-order valence-corrected chi connectivity index (χ3v) is 1.54. The molecular formula is C8H16N2O3. The molecule has 76 valence electrons. The van der Waals surface area contributed by atoms with Gasteiger partial charge in [0.05, 0.1) is 13.2 Å². The standard InChI is InChI=1S/C8H16N2O3/c1-5(9)6(11)10-8(2,3)7(12)13-4/h5H,9H2,1-4H3,(H,10,11)/t5-/m0/s1. The number of amides is 1. The molecular weight excluding hydrogens is 172 g/mol. The van der Waals surface area contributed by atoms with Gasteiger partial charge in [-0.25, -0.2) is 4.79 Å². The Morgan fingerprint density at radius 1 is 1.46 bits per heavy atom. The monoisotopic (exact) mass is 188 g/mol. The molecule has 0 saturated heterocycles. The van der Waals surface area contributed by atoms with Crippen LogP contribution in [-0.2, 0) is 14.3 Å². The lowest BCUT2D eigenvalue weighted by molar-refractivity contribution is -0.149. The first-order valence-corrected chi connectivity index (χ1v) is 3.97. The number of nitrogens with two attached hydrogens (primary N) is 1. The molecule has 1 atom stereocenters. The minimum atomic E-state index is -1.03. The Labute approximate surface area is 77.6 Å². The first-order valence-electron chi connectivity index (χ1n) is 3.97. The second kappa shape index (κ2) is 4.23. The number of carbonyl (C=O) groups excluding carboxylic acids is 2. The van der Waals surface area contributed by atoms with Gasteiger partial charge in [-0.1, -0.05) is 0 Å². The van der Waals surface area contributed by atoms with Gasteiger partial charge >= 0.3 is 5.97 Å². The van der Waals surface area contributed by atoms with Gasteiger partial charge in [0.1, 0.15) is 5.54 Å². The van der Waals surface area contributed by atoms with Crippen LogP contribution in [0.5, 0.6) is 0 Å². The van der Waals surface area contributed by atoms with Gasteiger partial charge in [-0.15, -0.1) is 0 Å². The lowest BCUT2D eigenvalue weighted by Crippen LogP contribution is -2.54. The summed E-state index contributed by atoms with van der Waals surface area (Å²) in [5.74, 6) is -0.878. The Bertz CT molecular complexity index is 211. The number of nitrogens with one attached hydrogen (secondary N) is 1. The summed E-state index contributed by atoms with van der Waals surface area (Å²) >= 11 is 0. The zero-order valence-electron chi connectivity index (χ0n) is 8.38. The van der Waals surface area contributed by atoms with Gasteiger partial charge in [0.25, 0.3) is 0 Å². The van der Waals surface area contributed by atoms with E-state index in [2.05, 4.69) is 10.1 Å². The largest absolute Gasteiger partial charge is 0.467 e. The third-order valence-electron chi connectivity index (χ3n) is 1.54. The van der Waals surface area contributed by atoms with Crippen LogP contribution in [-0.4, -0.2) is 30.6 Å². The maximum absolute atomic E-state index is 11.1. The molecule has 5 nitrogen and oxygen atoms in total. The normalized spacial score (nSPS) is 13.3. The number of carbonyl (C=O) groups is 2. The Kier molecular flexibility index (Phi) is 3.87. The Hall–Kier alpha value is -1.10. The summed E-state index contributed by atoms with van der Waals surface area (Å²) in [7, 11) is 1.27. The molecule has 0 heterocycles. The summed E-state index contributed by atoms with van der Waals surface area (Å²) in [6, 6.07) is -0.635. The first-order chi connectivity index (χ1) is 5.81. The van der Waals surface area contributed by atoms with Crippen molar-refractivity contribution >= 4 is 11.9 Å². The van der Waals surface area contributed by atoms with Crippen molar-refractivity contribution < 1.29 is 14.3 Å². The van der Waals surface area contributed by atoms with E-state index in [-0.39, 0.29) is 5.91 Å². The zero-order chi connectivity index (χ0) is 10.6. The number of methoxy groups -OCH3 is 1. The maximum atomic E-state index is 11.1. The Balaban J connectivity index is 4.33. The van der Waals surface area contributed by atoms with Gasteiger partial charge in [-0.05, 0) is 20.8 Å². The number of esters is 1. The van der Waals surface area contributed by atoms with Gasteiger partial charge in [-0.3, -0.25) is 4.79 Å². The molecule has 0 fully saturated rings. The summed E-state index contributed by atoms with van der Waals surface area (Å²) in [4.78, 5) is 22.2. The smallest absolute Gasteiger partial charge is 0.330 e. The SMILES string of the molecule is COC(=O)C(C)(C)NC(=O)[C@H](C)N. The van der Waals surface area contributed by atoms with Crippen molar-refractivity contribution in [2.45, 2.75) is 32.4 Å². The molecule has 0 bridgehead atoms. The molecule has 0 aliphatic heterocycles. The van der Waals surface area contributed by atoms with Gasteiger partial charge < -0.3 is 15.8 Å². The molecule has 0 spiro atoms. The average molecular weight is 188 g/mol. The third kappa shape index (κ3) is 3.42. The summed E-state index contributed by atoms with van der Waals surface area (Å²) in [6.45, 7) is 4.65. The highest BCUT2D eigenvalue weighted by Crippen LogP contribution is 2.04. The molecule has 0 radical (unpaired) electrons. The van der Waals surface area contributed by atoms with Crippen molar-refractivity contribution in [3.8, 4) is 0 Å². The van der Waals surface area contributed by atoms with Gasteiger partial charge in [0.15, 0.2) is 0 Å². The van der Waals surface area contributed by atoms with Crippen molar-refractivity contribution in [2.75, 3.05) is 7.11 Å². The molecule has 0 aromatic heterocycles. The van der Waals surface area contributed by atoms with E-state index in [9.17, 15) is 9.59 Å². The lowest BCUT2D eigenvalue weighted by Gasteiger charge is -2.23. The molecule has 0 saturated carbocycles. The summed E-state index contributed by atoms with van der Waals surface area (Å²) in [5, 5.41) is 2.47. The molecule has 0 aromatic carbocycles. The number of hydrogen-bond acceptors (Lipinski definition) is 4. The Morgan fingerprint density at radius 2 is 1.92 bits per heavy atom. The fourth-order valence-electron chi connectivity index (χ4n) is 0.728. The van der Waals surface area contributed by atoms with Crippen LogP contribution in [0, 0.1) is 0 Å². The molecule has 1 amide bonds. The molecule has 3 N–H and O–H groups in total. The fraction of sp³-hybridized carbons (Fsp3) is 0.750. The van der Waals surface area contributed by atoms with E-state index in [1.807, 2.05) is 0 Å². The van der Waals surface area contributed by atoms with Gasteiger partial charge in [0, 0.05) is 0 Å². The van der Waals surface area contributed by atoms with Crippen LogP contribution in [0.1, 0.15) is 20.8 Å². The van der Waals surface area contributed by atoms with E-state index < -0.39 is 17.6 Å². The lowest BCUT2D eigenvalue weighted by atomic mass is 10.1. The average Bonchev–Trinajstić information content (AvgIpc) is 2.01. The molecule has 0 aliphatic carbocycles. The van der Waals surface area contributed by atoms with Crippen LogP contribution in [0.15, 0.2) is 0 Å². The fourth-order valence-corrected chi connectivity index (χ4v) is 0.728. The highest BCUT2D eigenvalue weighted by Gasteiger charge is 2.31. The predicted octanol–water partition coefficient (Wildman–Crippen LogP) is -0.599. The quantitative estimate of drug-likeness (QED) is 0.579. The molecule has 0 aliphatic rings. The summed E-state index contributed by atoms with van der Waals surface area (Å²) in [5.41, 5.74) is 4.29. The van der Waals surface area contributed by atoms with Crippen LogP contribution in [0.25, 0.3) is 0 Å². The summed E-state index contributed by atoms with van der Waals surface area (Å²) in [6.07, 6.45) is 0. The van der Waals surface area contributed by atoms with Gasteiger partial charge in [-0.2, -0.15) is 0 Å². The molecule has 0 rings (SSSR count). The molecule has 5 heteroatoms. The predicted molar refractivity (Wildman–Crippen MR) is 47.9 cm³/mol. The van der Waals surface area contributed by atoms with Crippen molar-refractivity contribution in [3.05, 3.63) is 0 Å². The van der Waals surface area contributed by atoms with Crippen LogP contribution < -0.4 is 11.1 Å². The number of rotatable bonds is 3. The van der Waals surface area contributed by atoms with Crippen molar-refractivity contribution in [1.82, 2.24) is 5.32 Å². The van der Waals surface area contributed by atoms with E-state index >= 15 is 0 Å². The second-order valence-corrected chi connectivity index (χ2v) is 3.39. The van der Waals surface area contributed by atoms with Crippen LogP contribution in [0.4, 0.5) is 0 Å². The van der Waals surface area contributed by atoms with Crippen LogP contribution in [0.2, 0.25) is 0 Å². The highest BCUT2D eigenvalue weighted by molar-refractivity contribution is 5.89. The Morgan fingerprint density at radius 3 is 2.23 bits per heavy atom. The highest BCUT2D eigenvalue weighted by atomic mass is 16.5. The minimum Gasteiger partial charge on any atom is -0.467 e. The van der Waals surface area contributed by atoms with Crippen molar-refractivity contribution in [3.63, 3.8) is 0 Å². The van der Waals surface area contributed by atoms with E-state index in [4.69, 9.17) is 5.73 Å². The maximum Gasteiger partial charge on any atom is 0.330 e. The first kappa shape index (κ1) is 11.9. The van der Waals surface area contributed by atoms with E-state index in [1.54, 1.807) is 20.8 Å².